The zero-order valence-corrected chi connectivity index (χ0v) is 11.8. The van der Waals surface area contributed by atoms with Crippen molar-refractivity contribution in [1.29, 1.82) is 0 Å². The van der Waals surface area contributed by atoms with E-state index in [1.54, 1.807) is 37.3 Å². The van der Waals surface area contributed by atoms with Crippen LogP contribution in [0.25, 0.3) is 6.08 Å². The lowest BCUT2D eigenvalue weighted by molar-refractivity contribution is -0.138. The Labute approximate surface area is 123 Å². The molecule has 112 valence electrons. The van der Waals surface area contributed by atoms with E-state index in [2.05, 4.69) is 0 Å². The van der Waals surface area contributed by atoms with Gasteiger partial charge in [-0.3, -0.25) is 0 Å². The molecule has 5 nitrogen and oxygen atoms in total. The predicted octanol–water partition coefficient (Wildman–Crippen LogP) is 2.67. The van der Waals surface area contributed by atoms with Gasteiger partial charge in [0.05, 0.1) is 13.2 Å². The Morgan fingerprint density at radius 1 is 1.14 bits per heavy atom. The summed E-state index contributed by atoms with van der Waals surface area (Å²) in [4.78, 5) is 21.4. The van der Waals surface area contributed by atoms with Gasteiger partial charge in [-0.2, -0.15) is 0 Å². The summed E-state index contributed by atoms with van der Waals surface area (Å²) < 4.78 is 10.4. The molecule has 0 amide bonds. The van der Waals surface area contributed by atoms with Crippen LogP contribution in [0.5, 0.6) is 5.75 Å². The molecule has 0 bridgehead atoms. The highest BCUT2D eigenvalue weighted by Gasteiger charge is 1.97. The van der Waals surface area contributed by atoms with Gasteiger partial charge in [0.25, 0.3) is 0 Å². The summed E-state index contributed by atoms with van der Waals surface area (Å²) in [5, 5.41) is 8.52. The molecule has 0 saturated heterocycles. The quantitative estimate of drug-likeness (QED) is 0.452. The highest BCUT2D eigenvalue weighted by Crippen LogP contribution is 2.13. The first-order valence-corrected chi connectivity index (χ1v) is 6.55. The van der Waals surface area contributed by atoms with Gasteiger partial charge in [0.1, 0.15) is 5.75 Å². The lowest BCUT2D eigenvalue weighted by atomic mass is 10.2. The van der Waals surface area contributed by atoms with Gasteiger partial charge in [-0.05, 0) is 30.7 Å². The van der Waals surface area contributed by atoms with E-state index in [9.17, 15) is 9.59 Å². The minimum atomic E-state index is -0.984. The van der Waals surface area contributed by atoms with Crippen LogP contribution in [0.15, 0.2) is 42.5 Å². The second kappa shape index (κ2) is 9.36. The number of hydrogen-bond donors (Lipinski definition) is 1. The predicted molar refractivity (Wildman–Crippen MR) is 79.0 cm³/mol. The number of carboxylic acids is 1. The van der Waals surface area contributed by atoms with Gasteiger partial charge in [-0.25, -0.2) is 9.59 Å². The minimum Gasteiger partial charge on any atom is -0.493 e. The molecular weight excluding hydrogens is 272 g/mol. The summed E-state index contributed by atoms with van der Waals surface area (Å²) in [6.45, 7) is 2.50. The van der Waals surface area contributed by atoms with Gasteiger partial charge < -0.3 is 14.6 Å². The number of carboxylic acid groups (broad SMARTS) is 1. The molecule has 0 aliphatic carbocycles. The van der Waals surface area contributed by atoms with Crippen molar-refractivity contribution < 1.29 is 24.2 Å². The Hall–Kier alpha value is -2.56. The first-order valence-electron chi connectivity index (χ1n) is 6.55. The zero-order valence-electron chi connectivity index (χ0n) is 11.8. The van der Waals surface area contributed by atoms with Crippen molar-refractivity contribution in [2.24, 2.45) is 0 Å². The molecule has 0 saturated carbocycles. The van der Waals surface area contributed by atoms with Crippen LogP contribution in [-0.4, -0.2) is 30.3 Å². The number of hydrogen-bond acceptors (Lipinski definition) is 4. The number of carbonyl (C=O) groups excluding carboxylic acids is 1. The zero-order chi connectivity index (χ0) is 15.5. The van der Waals surface area contributed by atoms with Crippen LogP contribution in [0.3, 0.4) is 0 Å². The number of carbonyl (C=O) groups is 2. The van der Waals surface area contributed by atoms with Crippen LogP contribution in [0.1, 0.15) is 18.9 Å². The van der Waals surface area contributed by atoms with Crippen LogP contribution in [0.4, 0.5) is 0 Å². The van der Waals surface area contributed by atoms with Crippen molar-refractivity contribution in [3.05, 3.63) is 48.1 Å². The monoisotopic (exact) mass is 290 g/mol. The summed E-state index contributed by atoms with van der Waals surface area (Å²) in [6, 6.07) is 7.04. The first kappa shape index (κ1) is 16.5. The minimum absolute atomic E-state index is 0.308. The second-order valence-electron chi connectivity index (χ2n) is 4.11. The van der Waals surface area contributed by atoms with Crippen molar-refractivity contribution in [1.82, 2.24) is 0 Å². The Kier molecular flexibility index (Phi) is 7.35. The number of aliphatic carboxylic acids is 1. The largest absolute Gasteiger partial charge is 0.493 e. The van der Waals surface area contributed by atoms with Crippen molar-refractivity contribution in [2.75, 3.05) is 13.2 Å². The van der Waals surface area contributed by atoms with Gasteiger partial charge in [-0.1, -0.05) is 18.2 Å². The Morgan fingerprint density at radius 2 is 1.86 bits per heavy atom. The van der Waals surface area contributed by atoms with Gasteiger partial charge in [0.15, 0.2) is 0 Å². The lowest BCUT2D eigenvalue weighted by Crippen LogP contribution is -2.06. The van der Waals surface area contributed by atoms with Crippen LogP contribution >= 0.6 is 0 Å². The number of allylic oxidation sites excluding steroid dienone is 1. The maximum atomic E-state index is 11.0. The third-order valence-corrected chi connectivity index (χ3v) is 2.40. The summed E-state index contributed by atoms with van der Waals surface area (Å²) in [5.74, 6) is -0.655. The standard InChI is InChI=1S/C16H18O5/c1-2-4-16(19)21-12-3-11-20-14-8-5-13(6-9-14)7-10-15(17)18/h2,4-10H,3,11-12H2,1H3,(H,17,18). The number of esters is 1. The third-order valence-electron chi connectivity index (χ3n) is 2.40. The number of benzene rings is 1. The van der Waals surface area contributed by atoms with Gasteiger partial charge in [0.2, 0.25) is 0 Å². The molecule has 0 aromatic heterocycles. The smallest absolute Gasteiger partial charge is 0.330 e. The summed E-state index contributed by atoms with van der Waals surface area (Å²) >= 11 is 0. The van der Waals surface area contributed by atoms with E-state index in [1.165, 1.54) is 12.2 Å². The van der Waals surface area contributed by atoms with E-state index in [0.717, 1.165) is 11.6 Å². The highest BCUT2D eigenvalue weighted by atomic mass is 16.5. The van der Waals surface area contributed by atoms with Crippen LogP contribution in [0.2, 0.25) is 0 Å². The van der Waals surface area contributed by atoms with Crippen LogP contribution in [-0.2, 0) is 14.3 Å². The first-order chi connectivity index (χ1) is 10.1. The van der Waals surface area contributed by atoms with E-state index in [-0.39, 0.29) is 5.97 Å². The van der Waals surface area contributed by atoms with Crippen molar-refractivity contribution in [3.63, 3.8) is 0 Å². The molecule has 0 radical (unpaired) electrons. The van der Waals surface area contributed by atoms with Gasteiger partial charge in [-0.15, -0.1) is 0 Å². The Bertz CT molecular complexity index is 514. The van der Waals surface area contributed by atoms with Crippen molar-refractivity contribution in [3.8, 4) is 5.75 Å². The average Bonchev–Trinajstić information content (AvgIpc) is 2.46. The molecule has 0 heterocycles. The van der Waals surface area contributed by atoms with Crippen molar-refractivity contribution in [2.45, 2.75) is 13.3 Å². The SMILES string of the molecule is CC=CC(=O)OCCCOc1ccc(C=CC(=O)O)cc1. The molecule has 5 heteroatoms. The number of rotatable bonds is 8. The van der Waals surface area contributed by atoms with Crippen LogP contribution in [0, 0.1) is 0 Å². The van der Waals surface area contributed by atoms with E-state index < -0.39 is 5.97 Å². The summed E-state index contributed by atoms with van der Waals surface area (Å²) in [5.41, 5.74) is 0.782. The summed E-state index contributed by atoms with van der Waals surface area (Å²) in [6.07, 6.45) is 6.18. The van der Waals surface area contributed by atoms with E-state index in [0.29, 0.717) is 25.4 Å². The fourth-order valence-electron chi connectivity index (χ4n) is 1.45. The normalized spacial score (nSPS) is 10.9. The van der Waals surface area contributed by atoms with Gasteiger partial charge >= 0.3 is 11.9 Å². The molecule has 21 heavy (non-hydrogen) atoms. The molecule has 0 atom stereocenters. The molecule has 1 aromatic rings. The maximum absolute atomic E-state index is 11.0. The average molecular weight is 290 g/mol. The third kappa shape index (κ3) is 7.57. The molecule has 0 unspecified atom stereocenters. The maximum Gasteiger partial charge on any atom is 0.330 e. The molecule has 0 aliphatic rings. The van der Waals surface area contributed by atoms with E-state index in [4.69, 9.17) is 14.6 Å². The Morgan fingerprint density at radius 3 is 2.48 bits per heavy atom. The molecule has 0 spiro atoms. The topological polar surface area (TPSA) is 72.8 Å². The Balaban J connectivity index is 2.27. The fraction of sp³-hybridized carbons (Fsp3) is 0.250. The second-order valence-corrected chi connectivity index (χ2v) is 4.11. The fourth-order valence-corrected chi connectivity index (χ4v) is 1.45. The highest BCUT2D eigenvalue weighted by molar-refractivity contribution is 5.85. The molecule has 1 N–H and O–H groups in total. The molecular formula is C16H18O5. The van der Waals surface area contributed by atoms with E-state index in [1.807, 2.05) is 0 Å². The number of ether oxygens (including phenoxy) is 2. The lowest BCUT2D eigenvalue weighted by Gasteiger charge is -2.06. The van der Waals surface area contributed by atoms with Crippen LogP contribution < -0.4 is 4.74 Å². The van der Waals surface area contributed by atoms with Crippen molar-refractivity contribution >= 4 is 18.0 Å². The molecule has 1 aromatic carbocycles. The summed E-state index contributed by atoms with van der Waals surface area (Å²) in [7, 11) is 0. The molecule has 0 aliphatic heterocycles. The molecule has 0 fully saturated rings. The van der Waals surface area contributed by atoms with Gasteiger partial charge in [0, 0.05) is 18.6 Å². The molecule has 1 rings (SSSR count). The van der Waals surface area contributed by atoms with E-state index >= 15 is 0 Å².